The van der Waals surface area contributed by atoms with Crippen molar-refractivity contribution in [3.63, 3.8) is 0 Å². The number of nitrogens with two attached hydrogens (primary N) is 1. The first-order chi connectivity index (χ1) is 10.6. The number of likely N-dealkylation sites (tertiary alicyclic amines) is 1. The Labute approximate surface area is 135 Å². The van der Waals surface area contributed by atoms with E-state index < -0.39 is 0 Å². The summed E-state index contributed by atoms with van der Waals surface area (Å²) in [6, 6.07) is 8.59. The van der Waals surface area contributed by atoms with E-state index in [9.17, 15) is 4.79 Å². The number of benzene rings is 1. The van der Waals surface area contributed by atoms with E-state index in [0.717, 1.165) is 38.0 Å². The largest absolute Gasteiger partial charge is 0.368 e. The van der Waals surface area contributed by atoms with Crippen LogP contribution in [0.1, 0.15) is 24.1 Å². The number of carbonyl (C=O) groups excluding carboxylic acids is 1. The van der Waals surface area contributed by atoms with Crippen LogP contribution in [0.15, 0.2) is 29.8 Å². The van der Waals surface area contributed by atoms with Crippen molar-refractivity contribution in [1.82, 2.24) is 9.88 Å². The lowest BCUT2D eigenvalue weighted by Gasteiger charge is -2.21. The van der Waals surface area contributed by atoms with Crippen molar-refractivity contribution in [2.24, 2.45) is 5.73 Å². The molecule has 2 aromatic rings. The van der Waals surface area contributed by atoms with Crippen molar-refractivity contribution in [3.05, 3.63) is 41.0 Å². The van der Waals surface area contributed by atoms with Crippen molar-refractivity contribution in [3.8, 4) is 10.4 Å². The summed E-state index contributed by atoms with van der Waals surface area (Å²) in [4.78, 5) is 19.2. The number of nitrogens with zero attached hydrogens (tertiary/aromatic N) is 2. The first kappa shape index (κ1) is 15.2. The Balaban J connectivity index is 1.62. The van der Waals surface area contributed by atoms with Crippen molar-refractivity contribution in [2.45, 2.75) is 32.2 Å². The zero-order chi connectivity index (χ0) is 15.5. The van der Waals surface area contributed by atoms with Crippen molar-refractivity contribution in [1.29, 1.82) is 0 Å². The molecule has 0 spiro atoms. The van der Waals surface area contributed by atoms with Crippen molar-refractivity contribution in [2.75, 3.05) is 13.1 Å². The number of primary amides is 1. The third-order valence-corrected chi connectivity index (χ3v) is 5.32. The molecule has 0 bridgehead atoms. The molecule has 1 fully saturated rings. The molecule has 1 aromatic heterocycles. The molecule has 0 radical (unpaired) electrons. The molecule has 1 unspecified atom stereocenters. The van der Waals surface area contributed by atoms with Gasteiger partial charge in [-0.25, -0.2) is 4.98 Å². The highest BCUT2D eigenvalue weighted by atomic mass is 32.1. The van der Waals surface area contributed by atoms with E-state index in [1.54, 1.807) is 11.3 Å². The maximum Gasteiger partial charge on any atom is 0.234 e. The molecule has 5 heteroatoms. The van der Waals surface area contributed by atoms with Gasteiger partial charge in [0.25, 0.3) is 0 Å². The predicted octanol–water partition coefficient (Wildman–Crippen LogP) is 2.61. The highest BCUT2D eigenvalue weighted by Gasteiger charge is 2.28. The van der Waals surface area contributed by atoms with E-state index in [1.807, 2.05) is 12.4 Å². The normalized spacial score (nSPS) is 18.7. The van der Waals surface area contributed by atoms with E-state index in [2.05, 4.69) is 34.1 Å². The monoisotopic (exact) mass is 315 g/mol. The number of aromatic nitrogens is 1. The third kappa shape index (κ3) is 3.20. The van der Waals surface area contributed by atoms with Crippen LogP contribution in [0.5, 0.6) is 0 Å². The quantitative estimate of drug-likeness (QED) is 0.922. The fraction of sp³-hybridized carbons (Fsp3) is 0.412. The molecule has 22 heavy (non-hydrogen) atoms. The molecule has 1 aliphatic rings. The number of thiazole rings is 1. The van der Waals surface area contributed by atoms with Gasteiger partial charge >= 0.3 is 0 Å². The number of hydrogen-bond acceptors (Lipinski definition) is 4. The van der Waals surface area contributed by atoms with E-state index >= 15 is 0 Å². The van der Waals surface area contributed by atoms with Gasteiger partial charge in [0.05, 0.1) is 22.1 Å². The lowest BCUT2D eigenvalue weighted by molar-refractivity contribution is -0.122. The fourth-order valence-corrected chi connectivity index (χ4v) is 3.90. The lowest BCUT2D eigenvalue weighted by atomic mass is 10.1. The Hall–Kier alpha value is -1.72. The molecule has 116 valence electrons. The van der Waals surface area contributed by atoms with Gasteiger partial charge in [-0.05, 0) is 43.9 Å². The third-order valence-electron chi connectivity index (χ3n) is 4.34. The van der Waals surface area contributed by atoms with Gasteiger partial charge in [0.15, 0.2) is 0 Å². The Morgan fingerprint density at radius 2 is 2.18 bits per heavy atom. The van der Waals surface area contributed by atoms with Gasteiger partial charge < -0.3 is 5.73 Å². The van der Waals surface area contributed by atoms with Gasteiger partial charge in [0.2, 0.25) is 5.91 Å². The van der Waals surface area contributed by atoms with E-state index in [0.29, 0.717) is 0 Å². The van der Waals surface area contributed by atoms with Crippen molar-refractivity contribution < 1.29 is 4.79 Å². The summed E-state index contributed by atoms with van der Waals surface area (Å²) in [6.45, 7) is 3.91. The SMILES string of the molecule is Cc1ncsc1-c1ccc(CCN2CCCC2C(N)=O)cc1. The van der Waals surface area contributed by atoms with Crippen LogP contribution in [-0.2, 0) is 11.2 Å². The molecule has 1 saturated heterocycles. The number of aryl methyl sites for hydroxylation is 1. The summed E-state index contributed by atoms with van der Waals surface area (Å²) in [6.07, 6.45) is 2.92. The Morgan fingerprint density at radius 1 is 1.41 bits per heavy atom. The fourth-order valence-electron chi connectivity index (χ4n) is 3.09. The molecule has 3 rings (SSSR count). The summed E-state index contributed by atoms with van der Waals surface area (Å²) in [7, 11) is 0. The summed E-state index contributed by atoms with van der Waals surface area (Å²) in [5, 5.41) is 0. The van der Waals surface area contributed by atoms with Crippen LogP contribution >= 0.6 is 11.3 Å². The second kappa shape index (κ2) is 6.58. The van der Waals surface area contributed by atoms with Gasteiger partial charge in [0.1, 0.15) is 0 Å². The average molecular weight is 315 g/mol. The van der Waals surface area contributed by atoms with Gasteiger partial charge in [-0.3, -0.25) is 9.69 Å². The van der Waals surface area contributed by atoms with E-state index in [1.165, 1.54) is 16.0 Å². The average Bonchev–Trinajstić information content (AvgIpc) is 3.14. The molecule has 1 atom stereocenters. The minimum Gasteiger partial charge on any atom is -0.368 e. The number of amides is 1. The molecule has 0 saturated carbocycles. The molecule has 1 aromatic carbocycles. The molecule has 1 amide bonds. The van der Waals surface area contributed by atoms with Gasteiger partial charge in [-0.15, -0.1) is 11.3 Å². The Bertz CT molecular complexity index is 650. The smallest absolute Gasteiger partial charge is 0.234 e. The summed E-state index contributed by atoms with van der Waals surface area (Å²) >= 11 is 1.68. The van der Waals surface area contributed by atoms with E-state index in [4.69, 9.17) is 5.73 Å². The highest BCUT2D eigenvalue weighted by Crippen LogP contribution is 2.27. The maximum atomic E-state index is 11.4. The van der Waals surface area contributed by atoms with E-state index in [-0.39, 0.29) is 11.9 Å². The molecular weight excluding hydrogens is 294 g/mol. The molecule has 0 aliphatic carbocycles. The van der Waals surface area contributed by atoms with Crippen LogP contribution in [0.25, 0.3) is 10.4 Å². The maximum absolute atomic E-state index is 11.4. The molecule has 2 heterocycles. The highest BCUT2D eigenvalue weighted by molar-refractivity contribution is 7.13. The first-order valence-electron chi connectivity index (χ1n) is 7.68. The molecular formula is C17H21N3OS. The Morgan fingerprint density at radius 3 is 2.82 bits per heavy atom. The summed E-state index contributed by atoms with van der Waals surface area (Å²) < 4.78 is 0. The van der Waals surface area contributed by atoms with Crippen LogP contribution < -0.4 is 5.73 Å². The van der Waals surface area contributed by atoms with Gasteiger partial charge in [-0.1, -0.05) is 24.3 Å². The van der Waals surface area contributed by atoms with Crippen LogP contribution in [0.3, 0.4) is 0 Å². The lowest BCUT2D eigenvalue weighted by Crippen LogP contribution is -2.41. The minimum atomic E-state index is -0.187. The summed E-state index contributed by atoms with van der Waals surface area (Å²) in [5.74, 6) is -0.187. The number of carbonyl (C=O) groups is 1. The van der Waals surface area contributed by atoms with Crippen LogP contribution in [-0.4, -0.2) is 34.9 Å². The van der Waals surface area contributed by atoms with Crippen molar-refractivity contribution >= 4 is 17.2 Å². The zero-order valence-corrected chi connectivity index (χ0v) is 13.6. The molecule has 1 aliphatic heterocycles. The standard InChI is InChI=1S/C17H21N3OS/c1-12-16(22-11-19-12)14-6-4-13(5-7-14)8-10-20-9-2-3-15(20)17(18)21/h4-7,11,15H,2-3,8-10H2,1H3,(H2,18,21). The zero-order valence-electron chi connectivity index (χ0n) is 12.8. The van der Waals surface area contributed by atoms with Crippen LogP contribution in [0.2, 0.25) is 0 Å². The topological polar surface area (TPSA) is 59.2 Å². The van der Waals surface area contributed by atoms with Crippen LogP contribution in [0, 0.1) is 6.92 Å². The van der Waals surface area contributed by atoms with Gasteiger partial charge in [-0.2, -0.15) is 0 Å². The molecule has 2 N–H and O–H groups in total. The first-order valence-corrected chi connectivity index (χ1v) is 8.56. The molecule has 4 nitrogen and oxygen atoms in total. The Kier molecular flexibility index (Phi) is 4.55. The number of rotatable bonds is 5. The van der Waals surface area contributed by atoms with Gasteiger partial charge in [0, 0.05) is 6.54 Å². The second-order valence-electron chi connectivity index (χ2n) is 5.81. The second-order valence-corrected chi connectivity index (χ2v) is 6.66. The summed E-state index contributed by atoms with van der Waals surface area (Å²) in [5.41, 5.74) is 10.9. The minimum absolute atomic E-state index is 0.0703. The number of hydrogen-bond donors (Lipinski definition) is 1. The predicted molar refractivity (Wildman–Crippen MR) is 89.8 cm³/mol. The van der Waals surface area contributed by atoms with Crippen LogP contribution in [0.4, 0.5) is 0 Å².